The second-order valence-electron chi connectivity index (χ2n) is 8.69. The van der Waals surface area contributed by atoms with Crippen molar-refractivity contribution in [1.29, 1.82) is 0 Å². The van der Waals surface area contributed by atoms with Gasteiger partial charge in [0.1, 0.15) is 11.4 Å². The molecule has 3 aliphatic rings. The van der Waals surface area contributed by atoms with Gasteiger partial charge in [0.05, 0.1) is 17.6 Å². The number of anilines is 1. The summed E-state index contributed by atoms with van der Waals surface area (Å²) in [6.45, 7) is 1.85. The van der Waals surface area contributed by atoms with Crippen molar-refractivity contribution < 1.29 is 14.5 Å². The molecule has 158 valence electrons. The van der Waals surface area contributed by atoms with E-state index >= 15 is 0 Å². The lowest BCUT2D eigenvalue weighted by Crippen LogP contribution is -2.50. The van der Waals surface area contributed by atoms with Gasteiger partial charge in [0.15, 0.2) is 0 Å². The first-order chi connectivity index (χ1) is 14.0. The van der Waals surface area contributed by atoms with Crippen molar-refractivity contribution in [2.75, 3.05) is 25.9 Å². The van der Waals surface area contributed by atoms with Crippen molar-refractivity contribution in [2.24, 2.45) is 11.8 Å². The maximum Gasteiger partial charge on any atom is 0.293 e. The Bertz CT molecular complexity index is 777. The molecule has 2 aliphatic carbocycles. The molecule has 1 heterocycles. The van der Waals surface area contributed by atoms with Crippen molar-refractivity contribution in [1.82, 2.24) is 10.2 Å². The number of carbonyl (C=O) groups is 1. The number of nitrogens with one attached hydrogen (secondary N) is 1. The highest BCUT2D eigenvalue weighted by Gasteiger charge is 2.42. The average Bonchev–Trinajstić information content (AvgIpc) is 3.14. The second kappa shape index (κ2) is 8.18. The first kappa shape index (κ1) is 19.9. The monoisotopic (exact) mass is 402 g/mol. The van der Waals surface area contributed by atoms with E-state index in [1.807, 2.05) is 0 Å². The number of nitro benzene ring substituents is 1. The molecule has 1 unspecified atom stereocenters. The van der Waals surface area contributed by atoms with E-state index < -0.39 is 4.92 Å². The highest BCUT2D eigenvalue weighted by Crippen LogP contribution is 2.43. The number of nitrogens with two attached hydrogens (primary N) is 1. The lowest BCUT2D eigenvalue weighted by molar-refractivity contribution is -0.383. The molecule has 0 spiro atoms. The number of hydrogen-bond donors (Lipinski definition) is 2. The van der Waals surface area contributed by atoms with Crippen molar-refractivity contribution in [3.05, 3.63) is 27.8 Å². The Morgan fingerprint density at radius 3 is 2.45 bits per heavy atom. The third kappa shape index (κ3) is 3.90. The highest BCUT2D eigenvalue weighted by molar-refractivity contribution is 5.98. The van der Waals surface area contributed by atoms with Crippen LogP contribution >= 0.6 is 0 Å². The zero-order chi connectivity index (χ0) is 20.5. The predicted octanol–water partition coefficient (Wildman–Crippen LogP) is 2.96. The number of likely N-dealkylation sites (tertiary alicyclic amines) is 1. The van der Waals surface area contributed by atoms with Gasteiger partial charge in [-0.25, -0.2) is 0 Å². The number of nitro groups is 1. The van der Waals surface area contributed by atoms with Crippen LogP contribution in [0.1, 0.15) is 55.3 Å². The fourth-order valence-electron chi connectivity index (χ4n) is 5.76. The number of rotatable bonds is 5. The van der Waals surface area contributed by atoms with Crippen LogP contribution in [0.5, 0.6) is 5.75 Å². The Morgan fingerprint density at radius 2 is 1.86 bits per heavy atom. The number of nitrogens with zero attached hydrogens (tertiary/aromatic N) is 2. The molecule has 1 aliphatic heterocycles. The summed E-state index contributed by atoms with van der Waals surface area (Å²) < 4.78 is 5.24. The van der Waals surface area contributed by atoms with Gasteiger partial charge in [0.25, 0.3) is 11.6 Å². The van der Waals surface area contributed by atoms with Gasteiger partial charge in [-0.2, -0.15) is 0 Å². The molecule has 8 nitrogen and oxygen atoms in total. The third-order valence-corrected chi connectivity index (χ3v) is 7.03. The quantitative estimate of drug-likeness (QED) is 0.445. The summed E-state index contributed by atoms with van der Waals surface area (Å²) in [5.74, 6) is 1.51. The molecule has 8 heteroatoms. The van der Waals surface area contributed by atoms with Crippen molar-refractivity contribution >= 4 is 17.3 Å². The molecular weight excluding hydrogens is 372 g/mol. The van der Waals surface area contributed by atoms with E-state index in [1.165, 1.54) is 57.8 Å². The molecule has 4 rings (SSSR count). The minimum absolute atomic E-state index is 0.0146. The van der Waals surface area contributed by atoms with Gasteiger partial charge < -0.3 is 15.8 Å². The number of fused-ring (bicyclic) bond motifs is 2. The van der Waals surface area contributed by atoms with Gasteiger partial charge in [0.2, 0.25) is 0 Å². The van der Waals surface area contributed by atoms with Crippen LogP contribution in [-0.4, -0.2) is 48.0 Å². The average molecular weight is 402 g/mol. The van der Waals surface area contributed by atoms with E-state index in [-0.39, 0.29) is 34.6 Å². The topological polar surface area (TPSA) is 111 Å². The first-order valence-corrected chi connectivity index (χ1v) is 10.6. The van der Waals surface area contributed by atoms with Crippen LogP contribution < -0.4 is 15.8 Å². The standard InChI is InChI=1S/C21H30N4O4/c1-29-19-11-17(22)18(25(27)28)10-16(19)21(26)23-15-8-9-24(12-15)20-13-4-2-5-14(20)7-3-6-13/h10-11,13-15,20H,2-9,12,22H2,1H3,(H,23,26). The lowest BCUT2D eigenvalue weighted by atomic mass is 9.68. The summed E-state index contributed by atoms with van der Waals surface area (Å²) in [6, 6.07) is 3.26. The summed E-state index contributed by atoms with van der Waals surface area (Å²) in [5.41, 5.74) is 5.58. The van der Waals surface area contributed by atoms with Gasteiger partial charge >= 0.3 is 0 Å². The maximum atomic E-state index is 12.9. The van der Waals surface area contributed by atoms with Gasteiger partial charge in [-0.05, 0) is 43.9 Å². The number of methoxy groups -OCH3 is 1. The summed E-state index contributed by atoms with van der Waals surface area (Å²) in [7, 11) is 1.43. The van der Waals surface area contributed by atoms with Gasteiger partial charge in [-0.15, -0.1) is 0 Å². The summed E-state index contributed by atoms with van der Waals surface area (Å²) in [6.07, 6.45) is 8.95. The molecule has 2 saturated carbocycles. The SMILES string of the molecule is COc1cc(N)c([N+](=O)[O-])cc1C(=O)NC1CCN(C2C3CCCC2CCC3)C1. The normalized spacial score (nSPS) is 29.4. The molecule has 2 bridgehead atoms. The van der Waals surface area contributed by atoms with Crippen LogP contribution in [0.3, 0.4) is 0 Å². The Labute approximate surface area is 170 Å². The first-order valence-electron chi connectivity index (χ1n) is 10.6. The van der Waals surface area contributed by atoms with E-state index in [4.69, 9.17) is 10.5 Å². The van der Waals surface area contributed by atoms with E-state index in [2.05, 4.69) is 10.2 Å². The third-order valence-electron chi connectivity index (χ3n) is 7.03. The van der Waals surface area contributed by atoms with E-state index in [0.29, 0.717) is 6.04 Å². The van der Waals surface area contributed by atoms with E-state index in [1.54, 1.807) is 0 Å². The minimum Gasteiger partial charge on any atom is -0.496 e. The number of carbonyl (C=O) groups excluding carboxylic acids is 1. The second-order valence-corrected chi connectivity index (χ2v) is 8.69. The number of hydrogen-bond acceptors (Lipinski definition) is 6. The zero-order valence-corrected chi connectivity index (χ0v) is 16.9. The van der Waals surface area contributed by atoms with Crippen molar-refractivity contribution in [2.45, 2.75) is 57.0 Å². The molecule has 1 aromatic carbocycles. The minimum atomic E-state index is -0.579. The largest absolute Gasteiger partial charge is 0.496 e. The summed E-state index contributed by atoms with van der Waals surface area (Å²) in [5, 5.41) is 14.3. The zero-order valence-electron chi connectivity index (χ0n) is 16.9. The maximum absolute atomic E-state index is 12.9. The fraction of sp³-hybridized carbons (Fsp3) is 0.667. The number of nitrogen functional groups attached to an aromatic ring is 1. The number of amides is 1. The van der Waals surface area contributed by atoms with Crippen LogP contribution in [0, 0.1) is 22.0 Å². The predicted molar refractivity (Wildman–Crippen MR) is 110 cm³/mol. The summed E-state index contributed by atoms with van der Waals surface area (Å²) >= 11 is 0. The molecule has 1 saturated heterocycles. The van der Waals surface area contributed by atoms with Crippen molar-refractivity contribution in [3.63, 3.8) is 0 Å². The molecule has 1 aromatic rings. The molecule has 0 aromatic heterocycles. The Hall–Kier alpha value is -2.35. The molecule has 0 radical (unpaired) electrons. The summed E-state index contributed by atoms with van der Waals surface area (Å²) in [4.78, 5) is 26.1. The van der Waals surface area contributed by atoms with Crippen LogP contribution in [0.2, 0.25) is 0 Å². The Balaban J connectivity index is 1.45. The Kier molecular flexibility index (Phi) is 5.63. The smallest absolute Gasteiger partial charge is 0.293 e. The number of ether oxygens (including phenoxy) is 1. The fourth-order valence-corrected chi connectivity index (χ4v) is 5.76. The number of benzene rings is 1. The van der Waals surface area contributed by atoms with Gasteiger partial charge in [-0.1, -0.05) is 12.8 Å². The van der Waals surface area contributed by atoms with E-state index in [9.17, 15) is 14.9 Å². The lowest BCUT2D eigenvalue weighted by Gasteiger charge is -2.47. The van der Waals surface area contributed by atoms with Crippen LogP contribution in [0.25, 0.3) is 0 Å². The van der Waals surface area contributed by atoms with Gasteiger partial charge in [-0.3, -0.25) is 19.8 Å². The van der Waals surface area contributed by atoms with Crippen molar-refractivity contribution in [3.8, 4) is 5.75 Å². The van der Waals surface area contributed by atoms with Crippen LogP contribution in [-0.2, 0) is 0 Å². The highest BCUT2D eigenvalue weighted by atomic mass is 16.6. The molecule has 3 fully saturated rings. The molecular formula is C21H30N4O4. The molecule has 29 heavy (non-hydrogen) atoms. The molecule has 1 atom stereocenters. The molecule has 3 N–H and O–H groups in total. The Morgan fingerprint density at radius 1 is 1.21 bits per heavy atom. The molecule has 1 amide bonds. The van der Waals surface area contributed by atoms with Gasteiger partial charge in [0, 0.05) is 37.3 Å². The van der Waals surface area contributed by atoms with Crippen LogP contribution in [0.4, 0.5) is 11.4 Å². The van der Waals surface area contributed by atoms with E-state index in [0.717, 1.165) is 31.3 Å². The van der Waals surface area contributed by atoms with Crippen LogP contribution in [0.15, 0.2) is 12.1 Å².